The van der Waals surface area contributed by atoms with Gasteiger partial charge in [0.1, 0.15) is 29.3 Å². The Morgan fingerprint density at radius 2 is 1.96 bits per heavy atom. The number of aromatic hydroxyl groups is 1. The van der Waals surface area contributed by atoms with Gasteiger partial charge < -0.3 is 29.2 Å². The van der Waals surface area contributed by atoms with E-state index in [-0.39, 0.29) is 48.5 Å². The zero-order valence-electron chi connectivity index (χ0n) is 26.7. The second kappa shape index (κ2) is 13.4. The number of likely N-dealkylation sites (tertiary alicyclic amines) is 1. The van der Waals surface area contributed by atoms with E-state index in [1.165, 1.54) is 6.92 Å². The Bertz CT molecular complexity index is 1560. The molecule has 2 aromatic heterocycles. The highest BCUT2D eigenvalue weighted by Crippen LogP contribution is 2.49. The number of alkyl carbamates (subject to hydrolysis) is 1. The van der Waals surface area contributed by atoms with E-state index >= 15 is 0 Å². The summed E-state index contributed by atoms with van der Waals surface area (Å²) >= 11 is 0. The molecule has 0 radical (unpaired) electrons. The Labute approximate surface area is 262 Å². The number of amides is 2. The van der Waals surface area contributed by atoms with Gasteiger partial charge in [-0.25, -0.2) is 19.7 Å². The molecule has 3 heterocycles. The van der Waals surface area contributed by atoms with Crippen LogP contribution in [0.5, 0.6) is 11.6 Å². The molecule has 0 unspecified atom stereocenters. The minimum atomic E-state index is -0.610. The van der Waals surface area contributed by atoms with Crippen molar-refractivity contribution >= 4 is 28.8 Å². The predicted octanol–water partition coefficient (Wildman–Crippen LogP) is 4.89. The molecule has 0 bridgehead atoms. The van der Waals surface area contributed by atoms with E-state index in [0.717, 1.165) is 37.9 Å². The molecule has 2 amide bonds. The van der Waals surface area contributed by atoms with Gasteiger partial charge in [-0.2, -0.15) is 0 Å². The first-order chi connectivity index (χ1) is 21.4. The summed E-state index contributed by atoms with van der Waals surface area (Å²) in [5, 5.41) is 13.1. The van der Waals surface area contributed by atoms with E-state index in [1.807, 2.05) is 33.8 Å². The number of carbonyl (C=O) groups excluding carboxylic acids is 3. The highest BCUT2D eigenvalue weighted by molar-refractivity contribution is 5.90. The normalized spacial score (nSPS) is 24.1. The smallest absolute Gasteiger partial charge is 0.408 e. The molecule has 2 N–H and O–H groups in total. The van der Waals surface area contributed by atoms with Crippen LogP contribution in [0, 0.1) is 24.7 Å². The van der Waals surface area contributed by atoms with Crippen molar-refractivity contribution in [2.24, 2.45) is 17.8 Å². The minimum absolute atomic E-state index is 0.0336. The fourth-order valence-electron chi connectivity index (χ4n) is 6.28. The van der Waals surface area contributed by atoms with Crippen LogP contribution >= 0.6 is 0 Å². The van der Waals surface area contributed by atoms with E-state index in [4.69, 9.17) is 13.9 Å². The molecule has 2 aliphatic rings. The number of carbonyl (C=O) groups is 3. The van der Waals surface area contributed by atoms with E-state index in [1.54, 1.807) is 23.2 Å². The molecule has 12 nitrogen and oxygen atoms in total. The van der Waals surface area contributed by atoms with Gasteiger partial charge in [-0.1, -0.05) is 26.7 Å². The lowest BCUT2D eigenvalue weighted by atomic mass is 9.92. The molecular formula is C33H43N5O7. The van der Waals surface area contributed by atoms with Crippen LogP contribution in [0.3, 0.4) is 0 Å². The summed E-state index contributed by atoms with van der Waals surface area (Å²) in [6.07, 6.45) is 6.05. The third-order valence-electron chi connectivity index (χ3n) is 9.20. The predicted molar refractivity (Wildman–Crippen MR) is 164 cm³/mol. The quantitative estimate of drug-likeness (QED) is 0.252. The van der Waals surface area contributed by atoms with Gasteiger partial charge in [-0.15, -0.1) is 0 Å². The molecule has 5 atom stereocenters. The van der Waals surface area contributed by atoms with Crippen LogP contribution in [-0.4, -0.2) is 67.5 Å². The van der Waals surface area contributed by atoms with Crippen molar-refractivity contribution in [3.8, 4) is 11.6 Å². The number of ether oxygens (including phenoxy) is 2. The zero-order valence-corrected chi connectivity index (χ0v) is 26.7. The lowest BCUT2D eigenvalue weighted by Crippen LogP contribution is -2.46. The van der Waals surface area contributed by atoms with Crippen molar-refractivity contribution < 1.29 is 33.4 Å². The molecule has 1 saturated carbocycles. The Kier molecular flexibility index (Phi) is 9.59. The van der Waals surface area contributed by atoms with Crippen molar-refractivity contribution in [1.29, 1.82) is 0 Å². The fraction of sp³-hybridized carbons (Fsp3) is 0.576. The van der Waals surface area contributed by atoms with E-state index in [0.29, 0.717) is 41.3 Å². The maximum atomic E-state index is 12.7. The first kappa shape index (κ1) is 32.2. The molecular weight excluding hydrogens is 578 g/mol. The van der Waals surface area contributed by atoms with Crippen LogP contribution in [0.15, 0.2) is 28.8 Å². The maximum absolute atomic E-state index is 12.7. The maximum Gasteiger partial charge on any atom is 0.408 e. The van der Waals surface area contributed by atoms with Crippen LogP contribution < -0.4 is 10.1 Å². The summed E-state index contributed by atoms with van der Waals surface area (Å²) in [7, 11) is 0. The number of fused-ring (bicyclic) bond motifs is 1. The molecule has 2 fully saturated rings. The monoisotopic (exact) mass is 621 g/mol. The number of aromatic nitrogens is 3. The first-order valence-electron chi connectivity index (χ1n) is 15.7. The van der Waals surface area contributed by atoms with Gasteiger partial charge in [0.05, 0.1) is 23.3 Å². The number of hydrogen-bond acceptors (Lipinski definition) is 10. The number of Topliss-reactive ketones (excluding diaryl/α,β-unsaturated/α-hetero) is 1. The SMILES string of the molecule is CC(=O)[C@@H]1[C@H](C)[C@@H](C)CN1C(=O)CNC(=O)O[C@]1(C)C[C@H]1CCCCCc1nc2ccc(OCc3ncc(C)o3)cc2nc1O. The minimum Gasteiger partial charge on any atom is -0.492 e. The summed E-state index contributed by atoms with van der Waals surface area (Å²) in [5.41, 5.74) is 1.24. The summed E-state index contributed by atoms with van der Waals surface area (Å²) in [6, 6.07) is 4.91. The number of hydrogen-bond donors (Lipinski definition) is 2. The summed E-state index contributed by atoms with van der Waals surface area (Å²) in [4.78, 5) is 51.9. The number of nitrogens with one attached hydrogen (secondary N) is 1. The van der Waals surface area contributed by atoms with E-state index < -0.39 is 17.7 Å². The second-order valence-electron chi connectivity index (χ2n) is 12.8. The Hall–Kier alpha value is -4.22. The van der Waals surface area contributed by atoms with Gasteiger partial charge in [0, 0.05) is 18.5 Å². The summed E-state index contributed by atoms with van der Waals surface area (Å²) in [5.74, 6) is 1.97. The average molecular weight is 622 g/mol. The highest BCUT2D eigenvalue weighted by atomic mass is 16.6. The van der Waals surface area contributed by atoms with Crippen molar-refractivity contribution in [3.63, 3.8) is 0 Å². The molecule has 1 aromatic carbocycles. The van der Waals surface area contributed by atoms with Gasteiger partial charge in [0.2, 0.25) is 17.7 Å². The summed E-state index contributed by atoms with van der Waals surface area (Å²) in [6.45, 7) is 9.77. The van der Waals surface area contributed by atoms with Crippen molar-refractivity contribution in [3.05, 3.63) is 41.7 Å². The first-order valence-corrected chi connectivity index (χ1v) is 15.7. The number of rotatable bonds is 13. The largest absolute Gasteiger partial charge is 0.492 e. The van der Waals surface area contributed by atoms with Gasteiger partial charge in [0.25, 0.3) is 0 Å². The Morgan fingerprint density at radius 1 is 1.16 bits per heavy atom. The molecule has 1 saturated heterocycles. The van der Waals surface area contributed by atoms with E-state index in [9.17, 15) is 19.5 Å². The van der Waals surface area contributed by atoms with Crippen molar-refractivity contribution in [2.45, 2.75) is 91.4 Å². The van der Waals surface area contributed by atoms with Crippen LogP contribution in [-0.2, 0) is 27.4 Å². The number of oxazole rings is 1. The molecule has 0 spiro atoms. The summed E-state index contributed by atoms with van der Waals surface area (Å²) < 4.78 is 16.8. The number of unbranched alkanes of at least 4 members (excludes halogenated alkanes) is 2. The molecule has 1 aliphatic carbocycles. The van der Waals surface area contributed by atoms with Gasteiger partial charge >= 0.3 is 6.09 Å². The zero-order chi connectivity index (χ0) is 32.3. The molecule has 242 valence electrons. The van der Waals surface area contributed by atoms with Crippen LogP contribution in [0.2, 0.25) is 0 Å². The number of aryl methyl sites for hydroxylation is 2. The third-order valence-corrected chi connectivity index (χ3v) is 9.20. The van der Waals surface area contributed by atoms with Crippen molar-refractivity contribution in [2.75, 3.05) is 13.1 Å². The van der Waals surface area contributed by atoms with Crippen LogP contribution in [0.4, 0.5) is 4.79 Å². The molecule has 1 aliphatic heterocycles. The number of ketones is 1. The van der Waals surface area contributed by atoms with E-state index in [2.05, 4.69) is 20.3 Å². The topological polar surface area (TPSA) is 157 Å². The average Bonchev–Trinajstić information content (AvgIpc) is 3.26. The molecule has 5 rings (SSSR count). The molecule has 45 heavy (non-hydrogen) atoms. The highest BCUT2D eigenvalue weighted by Gasteiger charge is 2.53. The second-order valence-corrected chi connectivity index (χ2v) is 12.8. The third kappa shape index (κ3) is 7.72. The fourth-order valence-corrected chi connectivity index (χ4v) is 6.28. The lowest BCUT2D eigenvalue weighted by molar-refractivity contribution is -0.136. The number of benzene rings is 1. The van der Waals surface area contributed by atoms with Crippen molar-refractivity contribution in [1.82, 2.24) is 25.2 Å². The number of nitrogens with zero attached hydrogens (tertiary/aromatic N) is 4. The van der Waals surface area contributed by atoms with Gasteiger partial charge in [0.15, 0.2) is 12.4 Å². The van der Waals surface area contributed by atoms with Gasteiger partial charge in [-0.05, 0) is 70.4 Å². The molecule has 3 aromatic rings. The van der Waals surface area contributed by atoms with Gasteiger partial charge in [-0.3, -0.25) is 9.59 Å². The lowest BCUT2D eigenvalue weighted by Gasteiger charge is -2.25. The van der Waals surface area contributed by atoms with Crippen LogP contribution in [0.25, 0.3) is 11.0 Å². The Morgan fingerprint density at radius 3 is 2.69 bits per heavy atom. The molecule has 12 heteroatoms. The van der Waals surface area contributed by atoms with Crippen LogP contribution in [0.1, 0.15) is 77.1 Å². The Balaban J connectivity index is 1.00. The standard InChI is InChI=1S/C33H43N5O7/c1-19-17-38(30(21(19)3)22(4)39)29(40)16-35-32(42)45-33(5)14-23(33)9-7-6-8-10-26-31(41)37-27-13-24(11-12-25(27)36-26)43-18-28-34-15-20(2)44-28/h11-13,15,19,21,23,30H,6-10,14,16-18H2,1-5H3,(H,35,42)(H,37,41)/t19-,21+,23+,30-,33+/m0/s1.